The maximum atomic E-state index is 13.1. The molecule has 1 amide bonds. The molecule has 176 valence electrons. The van der Waals surface area contributed by atoms with Gasteiger partial charge in [-0.25, -0.2) is 14.4 Å². The van der Waals surface area contributed by atoms with Crippen molar-refractivity contribution in [1.82, 2.24) is 15.4 Å². The zero-order chi connectivity index (χ0) is 24.2. The molecule has 0 unspecified atom stereocenters. The number of nitrogens with one attached hydrogen (secondary N) is 2. The number of nitrogens with zero attached hydrogens (tertiary/aromatic N) is 5. The number of benzene rings is 2. The van der Waals surface area contributed by atoms with Crippen molar-refractivity contribution in [2.45, 2.75) is 13.8 Å². The van der Waals surface area contributed by atoms with Crippen LogP contribution in [0.4, 0.5) is 27.4 Å². The molecule has 1 saturated heterocycles. The average molecular weight is 465 g/mol. The highest BCUT2D eigenvalue weighted by Gasteiger charge is 2.30. The summed E-state index contributed by atoms with van der Waals surface area (Å²) in [5.41, 5.74) is 8.32. The van der Waals surface area contributed by atoms with Crippen LogP contribution in [0.15, 0.2) is 48.8 Å². The molecule has 3 aromatic rings. The van der Waals surface area contributed by atoms with Crippen LogP contribution in [-0.4, -0.2) is 47.0 Å². The van der Waals surface area contributed by atoms with E-state index in [1.54, 1.807) is 0 Å². The molecule has 1 aliphatic rings. The first-order chi connectivity index (χ1) is 16.3. The molecular formula is C23H24FN7O3. The normalized spacial score (nSPS) is 13.5. The summed E-state index contributed by atoms with van der Waals surface area (Å²) in [6.45, 7) is 6.58. The Bertz CT molecular complexity index is 1210. The number of nitro groups is 1. The van der Waals surface area contributed by atoms with Crippen molar-refractivity contribution in [3.8, 4) is 0 Å². The van der Waals surface area contributed by atoms with E-state index >= 15 is 0 Å². The third kappa shape index (κ3) is 4.72. The van der Waals surface area contributed by atoms with Gasteiger partial charge < -0.3 is 9.80 Å². The number of aryl methyl sites for hydroxylation is 1. The smallest absolute Gasteiger partial charge is 0.355 e. The molecule has 11 heteroatoms. The monoisotopic (exact) mass is 465 g/mol. The van der Waals surface area contributed by atoms with Crippen LogP contribution in [0.3, 0.4) is 0 Å². The van der Waals surface area contributed by atoms with Gasteiger partial charge in [0.2, 0.25) is 11.6 Å². The number of hydrazine groups is 1. The molecule has 0 bridgehead atoms. The lowest BCUT2D eigenvalue weighted by Gasteiger charge is -2.37. The number of hydrogen-bond acceptors (Lipinski definition) is 8. The number of amides is 1. The highest BCUT2D eigenvalue weighted by Crippen LogP contribution is 2.33. The molecule has 4 rings (SSSR count). The molecule has 2 heterocycles. The van der Waals surface area contributed by atoms with Crippen molar-refractivity contribution < 1.29 is 14.1 Å². The lowest BCUT2D eigenvalue weighted by atomic mass is 10.1. The molecule has 0 spiro atoms. The third-order valence-corrected chi connectivity index (χ3v) is 5.88. The van der Waals surface area contributed by atoms with Crippen molar-refractivity contribution in [1.29, 1.82) is 0 Å². The van der Waals surface area contributed by atoms with Gasteiger partial charge in [0, 0.05) is 37.4 Å². The Hall–Kier alpha value is -4.28. The van der Waals surface area contributed by atoms with Crippen molar-refractivity contribution >= 4 is 28.9 Å². The van der Waals surface area contributed by atoms with Gasteiger partial charge in [-0.2, -0.15) is 0 Å². The third-order valence-electron chi connectivity index (χ3n) is 5.88. The van der Waals surface area contributed by atoms with Gasteiger partial charge in [-0.05, 0) is 55.3 Å². The molecule has 1 fully saturated rings. The zero-order valence-corrected chi connectivity index (χ0v) is 18.8. The van der Waals surface area contributed by atoms with E-state index in [1.165, 1.54) is 29.6 Å². The Morgan fingerprint density at radius 1 is 1.03 bits per heavy atom. The number of piperazine rings is 1. The fraction of sp³-hybridized carbons (Fsp3) is 0.261. The van der Waals surface area contributed by atoms with Gasteiger partial charge >= 0.3 is 5.69 Å². The summed E-state index contributed by atoms with van der Waals surface area (Å²) in [5.74, 6) is -1.02. The van der Waals surface area contributed by atoms with Gasteiger partial charge in [-0.1, -0.05) is 12.1 Å². The zero-order valence-electron chi connectivity index (χ0n) is 18.8. The lowest BCUT2D eigenvalue weighted by molar-refractivity contribution is -0.383. The van der Waals surface area contributed by atoms with E-state index in [0.29, 0.717) is 26.2 Å². The van der Waals surface area contributed by atoms with Crippen LogP contribution in [0.1, 0.15) is 21.5 Å². The van der Waals surface area contributed by atoms with E-state index in [0.717, 1.165) is 17.8 Å². The maximum absolute atomic E-state index is 13.1. The first-order valence-electron chi connectivity index (χ1n) is 10.7. The Morgan fingerprint density at radius 2 is 1.71 bits per heavy atom. The number of halogens is 1. The lowest BCUT2D eigenvalue weighted by Crippen LogP contribution is -2.47. The molecule has 10 nitrogen and oxygen atoms in total. The number of hydrogen-bond donors (Lipinski definition) is 2. The average Bonchev–Trinajstić information content (AvgIpc) is 2.84. The van der Waals surface area contributed by atoms with Crippen molar-refractivity contribution in [3.63, 3.8) is 0 Å². The predicted octanol–water partition coefficient (Wildman–Crippen LogP) is 3.22. The summed E-state index contributed by atoms with van der Waals surface area (Å²) >= 11 is 0. The number of anilines is 3. The van der Waals surface area contributed by atoms with Gasteiger partial charge in [-0.3, -0.25) is 25.8 Å². The van der Waals surface area contributed by atoms with E-state index in [4.69, 9.17) is 0 Å². The molecule has 2 N–H and O–H groups in total. The molecule has 0 atom stereocenters. The molecule has 0 aliphatic carbocycles. The quantitative estimate of drug-likeness (QED) is 0.421. The van der Waals surface area contributed by atoms with Gasteiger partial charge in [0.25, 0.3) is 5.91 Å². The van der Waals surface area contributed by atoms with E-state index in [1.807, 2.05) is 11.0 Å². The van der Waals surface area contributed by atoms with Crippen LogP contribution in [0.25, 0.3) is 0 Å². The van der Waals surface area contributed by atoms with Gasteiger partial charge in [0.15, 0.2) is 0 Å². The van der Waals surface area contributed by atoms with Crippen LogP contribution in [0.2, 0.25) is 0 Å². The second-order valence-corrected chi connectivity index (χ2v) is 7.93. The first-order valence-corrected chi connectivity index (χ1v) is 10.7. The predicted molar refractivity (Wildman–Crippen MR) is 127 cm³/mol. The van der Waals surface area contributed by atoms with Crippen LogP contribution in [-0.2, 0) is 0 Å². The minimum absolute atomic E-state index is 0.137. The Morgan fingerprint density at radius 3 is 2.38 bits per heavy atom. The summed E-state index contributed by atoms with van der Waals surface area (Å²) < 4.78 is 13.1. The van der Waals surface area contributed by atoms with Gasteiger partial charge in [-0.15, -0.1) is 0 Å². The Kier molecular flexibility index (Phi) is 6.53. The number of rotatable bonds is 6. The largest absolute Gasteiger partial charge is 0.368 e. The highest BCUT2D eigenvalue weighted by atomic mass is 19.1. The van der Waals surface area contributed by atoms with E-state index in [-0.39, 0.29) is 22.9 Å². The summed E-state index contributed by atoms with van der Waals surface area (Å²) in [5, 5.41) is 11.9. The van der Waals surface area contributed by atoms with E-state index in [9.17, 15) is 19.3 Å². The topological polar surface area (TPSA) is 117 Å². The van der Waals surface area contributed by atoms with Crippen LogP contribution in [0, 0.1) is 29.8 Å². The van der Waals surface area contributed by atoms with Crippen molar-refractivity contribution in [2.75, 3.05) is 41.4 Å². The van der Waals surface area contributed by atoms with E-state index < -0.39 is 16.6 Å². The Balaban J connectivity index is 1.49. The van der Waals surface area contributed by atoms with Crippen LogP contribution >= 0.6 is 0 Å². The molecule has 34 heavy (non-hydrogen) atoms. The first kappa shape index (κ1) is 22.9. The van der Waals surface area contributed by atoms with Crippen molar-refractivity contribution in [3.05, 3.63) is 81.4 Å². The number of carbonyl (C=O) groups is 1. The van der Waals surface area contributed by atoms with Gasteiger partial charge in [0.1, 0.15) is 12.1 Å². The summed E-state index contributed by atoms with van der Waals surface area (Å²) in [7, 11) is 0. The molecule has 0 radical (unpaired) electrons. The van der Waals surface area contributed by atoms with Crippen LogP contribution in [0.5, 0.6) is 0 Å². The second-order valence-electron chi connectivity index (χ2n) is 7.93. The van der Waals surface area contributed by atoms with Crippen LogP contribution < -0.4 is 20.7 Å². The van der Waals surface area contributed by atoms with E-state index in [2.05, 4.69) is 51.7 Å². The molecular weight excluding hydrogens is 441 g/mol. The van der Waals surface area contributed by atoms with Crippen molar-refractivity contribution in [2.24, 2.45) is 0 Å². The fourth-order valence-corrected chi connectivity index (χ4v) is 3.89. The highest BCUT2D eigenvalue weighted by molar-refractivity contribution is 5.95. The molecule has 1 aliphatic heterocycles. The summed E-state index contributed by atoms with van der Waals surface area (Å²) in [6.07, 6.45) is 1.21. The Labute approximate surface area is 195 Å². The maximum Gasteiger partial charge on any atom is 0.355 e. The summed E-state index contributed by atoms with van der Waals surface area (Å²) in [6, 6.07) is 11.1. The fourth-order valence-electron chi connectivity index (χ4n) is 3.89. The molecule has 2 aromatic carbocycles. The molecule has 1 aromatic heterocycles. The number of aromatic nitrogens is 2. The minimum atomic E-state index is -0.586. The molecule has 0 saturated carbocycles. The summed E-state index contributed by atoms with van der Waals surface area (Å²) in [4.78, 5) is 35.8. The SMILES string of the molecule is Cc1cccc(N2CCN(c3ncnc(NNC(=O)c4ccc(F)cc4)c3[N+](=O)[O-])CC2)c1C. The number of carbonyl (C=O) groups excluding carboxylic acids is 1. The standard InChI is InChI=1S/C23H24FN7O3/c1-15-4-3-5-19(16(15)2)29-10-12-30(13-11-29)22-20(31(33)34)21(25-14-26-22)27-28-23(32)17-6-8-18(24)9-7-17/h3-9,14H,10-13H2,1-2H3,(H,28,32)(H,25,26,27). The van der Waals surface area contributed by atoms with Gasteiger partial charge in [0.05, 0.1) is 4.92 Å². The minimum Gasteiger partial charge on any atom is -0.368 e. The second kappa shape index (κ2) is 9.69.